The summed E-state index contributed by atoms with van der Waals surface area (Å²) >= 11 is 6.27. The van der Waals surface area contributed by atoms with Crippen molar-refractivity contribution in [3.63, 3.8) is 0 Å². The molecule has 2 fully saturated rings. The summed E-state index contributed by atoms with van der Waals surface area (Å²) in [6.45, 7) is 3.67. The second-order valence-electron chi connectivity index (χ2n) is 6.62. The largest absolute Gasteiger partial charge is 0.299 e. The Morgan fingerprint density at radius 2 is 1.85 bits per heavy atom. The zero-order valence-electron chi connectivity index (χ0n) is 14.4. The second kappa shape index (κ2) is 6.42. The topological polar surface area (TPSA) is 87.2 Å². The quantitative estimate of drug-likeness (QED) is 0.783. The first-order valence-corrected chi connectivity index (χ1v) is 8.77. The molecule has 2 N–H and O–H groups in total. The molecule has 0 aliphatic carbocycles. The van der Waals surface area contributed by atoms with E-state index in [1.54, 1.807) is 6.07 Å². The highest BCUT2D eigenvalue weighted by Crippen LogP contribution is 2.33. The third kappa shape index (κ3) is 2.88. The number of carbonyl (C=O) groups is 2. The van der Waals surface area contributed by atoms with Crippen molar-refractivity contribution in [2.75, 3.05) is 5.01 Å². The summed E-state index contributed by atoms with van der Waals surface area (Å²) in [4.78, 5) is 34.1. The van der Waals surface area contributed by atoms with Crippen molar-refractivity contribution < 1.29 is 9.59 Å². The lowest BCUT2D eigenvalue weighted by molar-refractivity contribution is -0.133. The van der Waals surface area contributed by atoms with Gasteiger partial charge < -0.3 is 0 Å². The summed E-state index contributed by atoms with van der Waals surface area (Å²) in [5.41, 5.74) is 5.40. The Hall–Kier alpha value is -2.35. The molecule has 0 bridgehead atoms. The number of hydrogen-bond acceptors (Lipinski definition) is 6. The molecule has 2 aromatic rings. The van der Waals surface area contributed by atoms with Gasteiger partial charge in [-0.1, -0.05) is 29.8 Å². The number of hydrogen-bond donors (Lipinski definition) is 2. The molecule has 3 atom stereocenters. The first-order valence-electron chi connectivity index (χ1n) is 8.39. The SMILES string of the molecule is Cc1cc(C)nc(N2NC3NC(c4ccccc4Cl)CC(=O)C3C2=O)n1. The van der Waals surface area contributed by atoms with Crippen LogP contribution in [-0.2, 0) is 9.59 Å². The Labute approximate surface area is 155 Å². The molecule has 0 saturated carbocycles. The van der Waals surface area contributed by atoms with Gasteiger partial charge in [0.05, 0.1) is 6.17 Å². The minimum Gasteiger partial charge on any atom is -0.299 e. The number of amides is 1. The number of anilines is 1. The van der Waals surface area contributed by atoms with Crippen LogP contribution >= 0.6 is 11.6 Å². The van der Waals surface area contributed by atoms with Gasteiger partial charge >= 0.3 is 0 Å². The van der Waals surface area contributed by atoms with Crippen molar-refractivity contribution in [2.24, 2.45) is 5.92 Å². The number of aryl methyl sites for hydroxylation is 2. The number of halogens is 1. The molecule has 3 unspecified atom stereocenters. The smallest absolute Gasteiger partial charge is 0.257 e. The molecule has 7 nitrogen and oxygen atoms in total. The number of rotatable bonds is 2. The third-order valence-electron chi connectivity index (χ3n) is 4.67. The maximum Gasteiger partial charge on any atom is 0.257 e. The summed E-state index contributed by atoms with van der Waals surface area (Å²) in [7, 11) is 0. The van der Waals surface area contributed by atoms with E-state index < -0.39 is 12.1 Å². The van der Waals surface area contributed by atoms with Crippen molar-refractivity contribution in [1.82, 2.24) is 20.7 Å². The number of aromatic nitrogens is 2. The van der Waals surface area contributed by atoms with Gasteiger partial charge in [-0.05, 0) is 31.5 Å². The zero-order chi connectivity index (χ0) is 18.4. The number of nitrogens with one attached hydrogen (secondary N) is 2. The van der Waals surface area contributed by atoms with E-state index in [-0.39, 0.29) is 30.1 Å². The average Bonchev–Trinajstić information content (AvgIpc) is 2.91. The van der Waals surface area contributed by atoms with Crippen LogP contribution in [-0.4, -0.2) is 27.8 Å². The molecular formula is C18H18ClN5O2. The molecule has 0 radical (unpaired) electrons. The van der Waals surface area contributed by atoms with Crippen LogP contribution in [0.3, 0.4) is 0 Å². The van der Waals surface area contributed by atoms with E-state index in [2.05, 4.69) is 20.7 Å². The number of ketones is 1. The van der Waals surface area contributed by atoms with E-state index in [0.717, 1.165) is 17.0 Å². The van der Waals surface area contributed by atoms with Crippen LogP contribution in [0.4, 0.5) is 5.95 Å². The van der Waals surface area contributed by atoms with Crippen molar-refractivity contribution >= 4 is 29.2 Å². The van der Waals surface area contributed by atoms with Gasteiger partial charge in [0.1, 0.15) is 11.7 Å². The molecule has 134 valence electrons. The maximum absolute atomic E-state index is 12.8. The van der Waals surface area contributed by atoms with Crippen molar-refractivity contribution in [1.29, 1.82) is 0 Å². The minimum atomic E-state index is -0.793. The van der Waals surface area contributed by atoms with Gasteiger partial charge in [-0.15, -0.1) is 0 Å². The lowest BCUT2D eigenvalue weighted by atomic mass is 9.87. The second-order valence-corrected chi connectivity index (χ2v) is 7.03. The van der Waals surface area contributed by atoms with Crippen LogP contribution in [0, 0.1) is 19.8 Å². The van der Waals surface area contributed by atoms with Crippen molar-refractivity contribution in [2.45, 2.75) is 32.5 Å². The molecule has 1 amide bonds. The van der Waals surface area contributed by atoms with Gasteiger partial charge in [-0.3, -0.25) is 14.9 Å². The number of nitrogens with zero attached hydrogens (tertiary/aromatic N) is 3. The molecule has 0 spiro atoms. The van der Waals surface area contributed by atoms with Gasteiger partial charge in [0, 0.05) is 28.9 Å². The Balaban J connectivity index is 1.62. The molecule has 8 heteroatoms. The normalized spacial score (nSPS) is 25.5. The molecule has 3 heterocycles. The van der Waals surface area contributed by atoms with Gasteiger partial charge in [-0.25, -0.2) is 20.4 Å². The lowest BCUT2D eigenvalue weighted by Crippen LogP contribution is -2.52. The molecule has 4 rings (SSSR count). The molecule has 26 heavy (non-hydrogen) atoms. The van der Waals surface area contributed by atoms with E-state index in [4.69, 9.17) is 11.6 Å². The average molecular weight is 372 g/mol. The highest BCUT2D eigenvalue weighted by atomic mass is 35.5. The fourth-order valence-electron chi connectivity index (χ4n) is 3.54. The summed E-state index contributed by atoms with van der Waals surface area (Å²) < 4.78 is 0. The van der Waals surface area contributed by atoms with E-state index in [1.165, 1.54) is 5.01 Å². The van der Waals surface area contributed by atoms with Gasteiger partial charge in [0.25, 0.3) is 5.91 Å². The van der Waals surface area contributed by atoms with Crippen molar-refractivity contribution in [3.8, 4) is 0 Å². The van der Waals surface area contributed by atoms with Crippen LogP contribution in [0.2, 0.25) is 5.02 Å². The minimum absolute atomic E-state index is 0.122. The van der Waals surface area contributed by atoms with Crippen molar-refractivity contribution in [3.05, 3.63) is 52.3 Å². The molecule has 1 aromatic heterocycles. The van der Waals surface area contributed by atoms with Crippen LogP contribution in [0.15, 0.2) is 30.3 Å². The molecule has 2 saturated heterocycles. The number of fused-ring (bicyclic) bond motifs is 1. The fraction of sp³-hybridized carbons (Fsp3) is 0.333. The first kappa shape index (κ1) is 17.1. The zero-order valence-corrected chi connectivity index (χ0v) is 15.1. The molecular weight excluding hydrogens is 354 g/mol. The predicted octanol–water partition coefficient (Wildman–Crippen LogP) is 1.84. The number of benzene rings is 1. The van der Waals surface area contributed by atoms with Crippen LogP contribution in [0.5, 0.6) is 0 Å². The predicted molar refractivity (Wildman–Crippen MR) is 96.4 cm³/mol. The standard InChI is InChI=1S/C18H18ClN5O2/c1-9-7-10(2)21-18(20-9)24-17(26)15-14(25)8-13(22-16(15)23-24)11-5-3-4-6-12(11)19/h3-7,13,15-16,22-23H,8H2,1-2H3. The maximum atomic E-state index is 12.8. The Bertz CT molecular complexity index is 883. The Kier molecular flexibility index (Phi) is 4.22. The molecule has 1 aromatic carbocycles. The number of Topliss-reactive ketones (excluding diaryl/α,β-unsaturated/α-hetero) is 1. The van der Waals surface area contributed by atoms with Gasteiger partial charge in [0.2, 0.25) is 5.95 Å². The van der Waals surface area contributed by atoms with Crippen LogP contribution < -0.4 is 15.8 Å². The van der Waals surface area contributed by atoms with Gasteiger partial charge in [0.15, 0.2) is 0 Å². The van der Waals surface area contributed by atoms with E-state index in [1.807, 2.05) is 38.1 Å². The number of carbonyl (C=O) groups excluding carboxylic acids is 2. The van der Waals surface area contributed by atoms with Crippen LogP contribution in [0.25, 0.3) is 0 Å². The molecule has 2 aliphatic rings. The lowest BCUT2D eigenvalue weighted by Gasteiger charge is -2.31. The summed E-state index contributed by atoms with van der Waals surface area (Å²) in [6, 6.07) is 8.97. The first-order chi connectivity index (χ1) is 12.4. The van der Waals surface area contributed by atoms with E-state index >= 15 is 0 Å². The Morgan fingerprint density at radius 1 is 1.15 bits per heavy atom. The molecule has 2 aliphatic heterocycles. The highest BCUT2D eigenvalue weighted by Gasteiger charge is 2.50. The highest BCUT2D eigenvalue weighted by molar-refractivity contribution is 6.31. The van der Waals surface area contributed by atoms with E-state index in [0.29, 0.717) is 5.02 Å². The Morgan fingerprint density at radius 3 is 2.54 bits per heavy atom. The fourth-order valence-corrected chi connectivity index (χ4v) is 3.81. The number of piperidine rings is 1. The van der Waals surface area contributed by atoms with E-state index in [9.17, 15) is 9.59 Å². The monoisotopic (exact) mass is 371 g/mol. The summed E-state index contributed by atoms with van der Waals surface area (Å²) in [5, 5.41) is 5.19. The summed E-state index contributed by atoms with van der Waals surface area (Å²) in [5.74, 6) is -0.998. The van der Waals surface area contributed by atoms with Gasteiger partial charge in [-0.2, -0.15) is 0 Å². The third-order valence-corrected chi connectivity index (χ3v) is 5.02. The summed E-state index contributed by atoms with van der Waals surface area (Å²) in [6.07, 6.45) is -0.311. The van der Waals surface area contributed by atoms with Crippen LogP contribution in [0.1, 0.15) is 29.4 Å². The number of hydrazine groups is 1.